The second-order valence-corrected chi connectivity index (χ2v) is 4.18. The maximum Gasteiger partial charge on any atom is 0.182 e. The maximum atomic E-state index is 12.9. The molecule has 3 rings (SSSR count). The highest BCUT2D eigenvalue weighted by Gasteiger charge is 2.09. The van der Waals surface area contributed by atoms with Crippen LogP contribution in [0.3, 0.4) is 0 Å². The Bertz CT molecular complexity index is 716. The minimum absolute atomic E-state index is 0.280. The number of hydrogen-bond acceptors (Lipinski definition) is 3. The molecule has 0 aliphatic carbocycles. The molecule has 0 radical (unpaired) electrons. The van der Waals surface area contributed by atoms with Crippen LogP contribution in [0, 0.1) is 12.7 Å². The van der Waals surface area contributed by atoms with Crippen LogP contribution in [-0.2, 0) is 0 Å². The standard InChI is InChI=1S/C13H11FN4/c1-8-6-11(15)13-16-12(17-18(13)7-8)9-2-4-10(14)5-3-9/h2-7H,15H2,1H3. The molecule has 0 bridgehead atoms. The topological polar surface area (TPSA) is 56.2 Å². The summed E-state index contributed by atoms with van der Waals surface area (Å²) in [5.41, 5.74) is 8.85. The number of aryl methyl sites for hydroxylation is 1. The van der Waals surface area contributed by atoms with E-state index in [9.17, 15) is 4.39 Å². The Kier molecular flexibility index (Phi) is 2.26. The van der Waals surface area contributed by atoms with Crippen LogP contribution in [0.4, 0.5) is 10.1 Å². The number of benzene rings is 1. The van der Waals surface area contributed by atoms with Crippen molar-refractivity contribution in [1.29, 1.82) is 0 Å². The summed E-state index contributed by atoms with van der Waals surface area (Å²) in [7, 11) is 0. The van der Waals surface area contributed by atoms with Gasteiger partial charge >= 0.3 is 0 Å². The molecule has 90 valence electrons. The van der Waals surface area contributed by atoms with E-state index < -0.39 is 0 Å². The lowest BCUT2D eigenvalue weighted by atomic mass is 10.2. The quantitative estimate of drug-likeness (QED) is 0.713. The molecule has 0 saturated carbocycles. The molecule has 1 aromatic carbocycles. The van der Waals surface area contributed by atoms with E-state index in [2.05, 4.69) is 10.1 Å². The van der Waals surface area contributed by atoms with Crippen LogP contribution in [0.15, 0.2) is 36.5 Å². The molecule has 5 heteroatoms. The van der Waals surface area contributed by atoms with Crippen LogP contribution in [0.1, 0.15) is 5.56 Å². The molecular formula is C13H11FN4. The van der Waals surface area contributed by atoms with Crippen LogP contribution >= 0.6 is 0 Å². The molecule has 0 fully saturated rings. The summed E-state index contributed by atoms with van der Waals surface area (Å²) in [6.07, 6.45) is 1.85. The number of nitrogens with zero attached hydrogens (tertiary/aromatic N) is 3. The molecule has 0 spiro atoms. The third-order valence-electron chi connectivity index (χ3n) is 2.70. The van der Waals surface area contributed by atoms with Gasteiger partial charge in [0.1, 0.15) is 5.82 Å². The maximum absolute atomic E-state index is 12.9. The van der Waals surface area contributed by atoms with Gasteiger partial charge in [0.25, 0.3) is 0 Å². The number of nitrogen functional groups attached to an aromatic ring is 1. The fourth-order valence-electron chi connectivity index (χ4n) is 1.87. The van der Waals surface area contributed by atoms with Crippen molar-refractivity contribution in [3.8, 4) is 11.4 Å². The summed E-state index contributed by atoms with van der Waals surface area (Å²) >= 11 is 0. The number of anilines is 1. The third kappa shape index (κ3) is 1.69. The van der Waals surface area contributed by atoms with E-state index >= 15 is 0 Å². The average Bonchev–Trinajstić information content (AvgIpc) is 2.74. The van der Waals surface area contributed by atoms with Crippen molar-refractivity contribution in [2.75, 3.05) is 5.73 Å². The van der Waals surface area contributed by atoms with Crippen LogP contribution < -0.4 is 5.73 Å². The first kappa shape index (κ1) is 10.7. The zero-order valence-corrected chi connectivity index (χ0v) is 9.76. The van der Waals surface area contributed by atoms with Crippen molar-refractivity contribution in [3.63, 3.8) is 0 Å². The van der Waals surface area contributed by atoms with Gasteiger partial charge in [-0.15, -0.1) is 5.10 Å². The average molecular weight is 242 g/mol. The summed E-state index contributed by atoms with van der Waals surface area (Å²) in [5.74, 6) is 0.255. The Morgan fingerprint density at radius 3 is 2.67 bits per heavy atom. The van der Waals surface area contributed by atoms with Crippen LogP contribution in [0.5, 0.6) is 0 Å². The Balaban J connectivity index is 2.19. The summed E-state index contributed by atoms with van der Waals surface area (Å²) in [6.45, 7) is 1.94. The number of halogens is 1. The Morgan fingerprint density at radius 2 is 1.94 bits per heavy atom. The van der Waals surface area contributed by atoms with Gasteiger partial charge in [0.2, 0.25) is 0 Å². The Labute approximate surface area is 103 Å². The monoisotopic (exact) mass is 242 g/mol. The molecule has 3 aromatic rings. The largest absolute Gasteiger partial charge is 0.396 e. The molecule has 0 amide bonds. The van der Waals surface area contributed by atoms with Crippen molar-refractivity contribution in [2.24, 2.45) is 0 Å². The molecule has 0 aliphatic heterocycles. The Hall–Kier alpha value is -2.43. The van der Waals surface area contributed by atoms with E-state index in [0.717, 1.165) is 11.1 Å². The second-order valence-electron chi connectivity index (χ2n) is 4.18. The first-order valence-corrected chi connectivity index (χ1v) is 5.52. The van der Waals surface area contributed by atoms with Gasteiger partial charge in [0.05, 0.1) is 5.69 Å². The molecule has 2 aromatic heterocycles. The highest BCUT2D eigenvalue weighted by molar-refractivity contribution is 5.68. The number of hydrogen-bond donors (Lipinski definition) is 1. The van der Waals surface area contributed by atoms with Gasteiger partial charge in [-0.25, -0.2) is 13.9 Å². The SMILES string of the molecule is Cc1cc(N)c2nc(-c3ccc(F)cc3)nn2c1. The molecule has 18 heavy (non-hydrogen) atoms. The smallest absolute Gasteiger partial charge is 0.182 e. The summed E-state index contributed by atoms with van der Waals surface area (Å²) in [5, 5.41) is 4.34. The van der Waals surface area contributed by atoms with E-state index in [-0.39, 0.29) is 5.82 Å². The van der Waals surface area contributed by atoms with E-state index in [0.29, 0.717) is 17.2 Å². The van der Waals surface area contributed by atoms with Crippen LogP contribution in [0.25, 0.3) is 17.0 Å². The predicted octanol–water partition coefficient (Wildman–Crippen LogP) is 2.43. The summed E-state index contributed by atoms with van der Waals surface area (Å²) in [4.78, 5) is 4.36. The number of nitrogens with two attached hydrogens (primary N) is 1. The van der Waals surface area contributed by atoms with E-state index in [1.165, 1.54) is 12.1 Å². The summed E-state index contributed by atoms with van der Waals surface area (Å²) in [6, 6.07) is 7.91. The lowest BCUT2D eigenvalue weighted by molar-refractivity contribution is 0.628. The van der Waals surface area contributed by atoms with E-state index in [4.69, 9.17) is 5.73 Å². The minimum Gasteiger partial charge on any atom is -0.396 e. The van der Waals surface area contributed by atoms with Crippen molar-refractivity contribution in [2.45, 2.75) is 6.92 Å². The fraction of sp³-hybridized carbons (Fsp3) is 0.0769. The number of fused-ring (bicyclic) bond motifs is 1. The van der Waals surface area contributed by atoms with Crippen molar-refractivity contribution < 1.29 is 4.39 Å². The van der Waals surface area contributed by atoms with Crippen molar-refractivity contribution in [1.82, 2.24) is 14.6 Å². The normalized spacial score (nSPS) is 11.0. The second kappa shape index (κ2) is 3.80. The molecule has 2 heterocycles. The third-order valence-corrected chi connectivity index (χ3v) is 2.70. The van der Waals surface area contributed by atoms with Crippen LogP contribution in [0.2, 0.25) is 0 Å². The molecule has 4 nitrogen and oxygen atoms in total. The summed E-state index contributed by atoms with van der Waals surface area (Å²) < 4.78 is 14.5. The predicted molar refractivity (Wildman–Crippen MR) is 67.5 cm³/mol. The zero-order chi connectivity index (χ0) is 12.7. The Morgan fingerprint density at radius 1 is 1.22 bits per heavy atom. The number of aromatic nitrogens is 3. The number of pyridine rings is 1. The van der Waals surface area contributed by atoms with Crippen LogP contribution in [-0.4, -0.2) is 14.6 Å². The van der Waals surface area contributed by atoms with E-state index in [1.54, 1.807) is 16.6 Å². The van der Waals surface area contributed by atoms with Gasteiger partial charge in [0.15, 0.2) is 11.5 Å². The first-order valence-electron chi connectivity index (χ1n) is 5.52. The lowest BCUT2D eigenvalue weighted by Crippen LogP contribution is -1.94. The minimum atomic E-state index is -0.280. The highest BCUT2D eigenvalue weighted by atomic mass is 19.1. The molecule has 0 aliphatic rings. The van der Waals surface area contributed by atoms with Gasteiger partial charge in [-0.1, -0.05) is 0 Å². The van der Waals surface area contributed by atoms with Gasteiger partial charge < -0.3 is 5.73 Å². The lowest BCUT2D eigenvalue weighted by Gasteiger charge is -1.97. The number of rotatable bonds is 1. The van der Waals surface area contributed by atoms with Crippen molar-refractivity contribution >= 4 is 11.3 Å². The molecule has 0 saturated heterocycles. The fourth-order valence-corrected chi connectivity index (χ4v) is 1.87. The first-order chi connectivity index (χ1) is 8.63. The zero-order valence-electron chi connectivity index (χ0n) is 9.76. The van der Waals surface area contributed by atoms with Gasteiger partial charge in [-0.2, -0.15) is 0 Å². The molecular weight excluding hydrogens is 231 g/mol. The van der Waals surface area contributed by atoms with Gasteiger partial charge in [-0.05, 0) is 42.8 Å². The van der Waals surface area contributed by atoms with Crippen molar-refractivity contribution in [3.05, 3.63) is 47.9 Å². The molecule has 0 unspecified atom stereocenters. The molecule has 0 atom stereocenters. The van der Waals surface area contributed by atoms with Gasteiger partial charge in [-0.3, -0.25) is 0 Å². The molecule has 2 N–H and O–H groups in total. The van der Waals surface area contributed by atoms with Gasteiger partial charge in [0, 0.05) is 11.8 Å². The van der Waals surface area contributed by atoms with E-state index in [1.807, 2.05) is 19.2 Å². The highest BCUT2D eigenvalue weighted by Crippen LogP contribution is 2.20.